The van der Waals surface area contributed by atoms with Gasteiger partial charge in [-0.2, -0.15) is 0 Å². The fourth-order valence-electron chi connectivity index (χ4n) is 4.48. The second-order valence-corrected chi connectivity index (χ2v) is 9.27. The van der Waals surface area contributed by atoms with Crippen LogP contribution in [0.3, 0.4) is 0 Å². The zero-order valence-corrected chi connectivity index (χ0v) is 22.5. The lowest BCUT2D eigenvalue weighted by Crippen LogP contribution is -2.55. The molecule has 0 aliphatic carbocycles. The Morgan fingerprint density at radius 2 is 1.87 bits per heavy atom. The Bertz CT molecular complexity index is 1100. The number of carbonyl (C=O) groups is 4. The summed E-state index contributed by atoms with van der Waals surface area (Å²) in [5.41, 5.74) is 6.87. The molecule has 1 fully saturated rings. The van der Waals surface area contributed by atoms with Gasteiger partial charge in [0.15, 0.2) is 5.96 Å². The summed E-state index contributed by atoms with van der Waals surface area (Å²) in [6.45, 7) is 0.790. The van der Waals surface area contributed by atoms with Crippen LogP contribution in [0.15, 0.2) is 54.9 Å². The van der Waals surface area contributed by atoms with Gasteiger partial charge in [0.05, 0.1) is 12.5 Å². The molecule has 6 N–H and O–H groups in total. The molecule has 2 heterocycles. The summed E-state index contributed by atoms with van der Waals surface area (Å²) in [5.74, 6) is -1.20. The summed E-state index contributed by atoms with van der Waals surface area (Å²) < 4.78 is 0. The van der Waals surface area contributed by atoms with E-state index in [0.717, 1.165) is 11.1 Å². The van der Waals surface area contributed by atoms with Crippen molar-refractivity contribution in [3.8, 4) is 0 Å². The van der Waals surface area contributed by atoms with Gasteiger partial charge >= 0.3 is 0 Å². The van der Waals surface area contributed by atoms with Crippen LogP contribution in [0.5, 0.6) is 0 Å². The topological polar surface area (TPSA) is 170 Å². The van der Waals surface area contributed by atoms with Crippen LogP contribution in [0.1, 0.15) is 36.8 Å². The first-order valence-electron chi connectivity index (χ1n) is 12.7. The molecule has 0 saturated carbocycles. The number of nitrogens with two attached hydrogens (primary N) is 1. The first-order chi connectivity index (χ1) is 18.4. The van der Waals surface area contributed by atoms with Gasteiger partial charge in [0, 0.05) is 31.9 Å². The molecule has 0 unspecified atom stereocenters. The van der Waals surface area contributed by atoms with Crippen LogP contribution < -0.4 is 21.7 Å². The number of guanidine groups is 1. The van der Waals surface area contributed by atoms with Crippen LogP contribution in [0.2, 0.25) is 0 Å². The number of pyridine rings is 1. The number of benzene rings is 1. The van der Waals surface area contributed by atoms with Gasteiger partial charge < -0.3 is 31.4 Å². The highest BCUT2D eigenvalue weighted by Crippen LogP contribution is 2.20. The summed E-state index contributed by atoms with van der Waals surface area (Å²) in [5, 5.41) is 15.4. The lowest BCUT2D eigenvalue weighted by atomic mass is 10.0. The highest BCUT2D eigenvalue weighted by atomic mass is 35.5. The lowest BCUT2D eigenvalue weighted by Gasteiger charge is -2.29. The predicted octanol–water partition coefficient (Wildman–Crippen LogP) is 0.711. The third-order valence-electron chi connectivity index (χ3n) is 6.34. The van der Waals surface area contributed by atoms with Crippen molar-refractivity contribution in [3.63, 3.8) is 0 Å². The molecule has 0 bridgehead atoms. The van der Waals surface area contributed by atoms with Gasteiger partial charge in [-0.25, -0.2) is 0 Å². The van der Waals surface area contributed by atoms with Crippen LogP contribution in [-0.2, 0) is 32.0 Å². The molecule has 0 radical (unpaired) electrons. The van der Waals surface area contributed by atoms with E-state index in [0.29, 0.717) is 45.1 Å². The fourth-order valence-corrected chi connectivity index (χ4v) is 4.48. The molecule has 2 aromatic rings. The van der Waals surface area contributed by atoms with E-state index in [4.69, 9.17) is 11.1 Å². The molecule has 11 nitrogen and oxygen atoms in total. The number of carbonyl (C=O) groups excluding carboxylic acids is 4. The normalized spacial score (nSPS) is 15.8. The number of nitrogens with one attached hydrogen (secondary N) is 4. The summed E-state index contributed by atoms with van der Waals surface area (Å²) in [4.78, 5) is 56.7. The Kier molecular flexibility index (Phi) is 12.9. The number of rotatable bonds is 13. The van der Waals surface area contributed by atoms with E-state index in [2.05, 4.69) is 20.9 Å². The Balaban J connectivity index is 0.00000533. The van der Waals surface area contributed by atoms with Crippen molar-refractivity contribution in [2.24, 2.45) is 5.73 Å². The smallest absolute Gasteiger partial charge is 0.246 e. The van der Waals surface area contributed by atoms with Crippen molar-refractivity contribution in [1.29, 1.82) is 5.41 Å². The number of hydrogen-bond acceptors (Lipinski definition) is 6. The highest BCUT2D eigenvalue weighted by molar-refractivity contribution is 5.93. The monoisotopic (exact) mass is 557 g/mol. The number of likely N-dealkylation sites (tertiary alicyclic amines) is 1. The number of nitrogens with zero attached hydrogens (tertiary/aromatic N) is 2. The number of aldehydes is 1. The predicted molar refractivity (Wildman–Crippen MR) is 149 cm³/mol. The molecule has 1 aliphatic heterocycles. The van der Waals surface area contributed by atoms with Gasteiger partial charge in [0.25, 0.3) is 0 Å². The van der Waals surface area contributed by atoms with Gasteiger partial charge in [-0.3, -0.25) is 24.8 Å². The van der Waals surface area contributed by atoms with Crippen molar-refractivity contribution in [2.45, 2.75) is 56.7 Å². The standard InChI is InChI=1S/C27H35N7O4.ClH/c28-27(29)31-13-5-10-21(18-35)32-25(37)23-11-6-14-34(23)26(38)22(15-19-7-2-1-3-8-19)33-24(36)16-20-9-4-12-30-17-20;/h1-4,7-9,12,17-18,21-23H,5-6,10-11,13-16H2,(H,32,37)(H,33,36)(H4,28,29,31);1H/t21-,22+,23-;/m0./s1. The third kappa shape index (κ3) is 10.0. The Hall–Kier alpha value is -3.99. The van der Waals surface area contributed by atoms with Gasteiger partial charge in [0.2, 0.25) is 17.7 Å². The zero-order chi connectivity index (χ0) is 27.3. The molecule has 3 atom stereocenters. The second kappa shape index (κ2) is 16.1. The fraction of sp³-hybridized carbons (Fsp3) is 0.407. The van der Waals surface area contributed by atoms with Gasteiger partial charge in [-0.15, -0.1) is 12.4 Å². The molecule has 12 heteroatoms. The Morgan fingerprint density at radius 3 is 2.54 bits per heavy atom. The maximum Gasteiger partial charge on any atom is 0.246 e. The molecule has 3 rings (SSSR count). The minimum atomic E-state index is -0.852. The average molecular weight is 558 g/mol. The van der Waals surface area contributed by atoms with E-state index in [9.17, 15) is 19.2 Å². The van der Waals surface area contributed by atoms with Gasteiger partial charge in [-0.1, -0.05) is 36.4 Å². The van der Waals surface area contributed by atoms with Crippen molar-refractivity contribution in [2.75, 3.05) is 13.1 Å². The summed E-state index contributed by atoms with van der Waals surface area (Å²) in [7, 11) is 0. The quantitative estimate of drug-likeness (QED) is 0.104. The molecule has 1 aliphatic rings. The highest BCUT2D eigenvalue weighted by Gasteiger charge is 2.38. The summed E-state index contributed by atoms with van der Waals surface area (Å²) >= 11 is 0. The maximum absolute atomic E-state index is 13.7. The lowest BCUT2D eigenvalue weighted by molar-refractivity contribution is -0.141. The van der Waals surface area contributed by atoms with Crippen LogP contribution in [-0.4, -0.2) is 71.1 Å². The molecule has 3 amide bonds. The molecule has 210 valence electrons. The summed E-state index contributed by atoms with van der Waals surface area (Å²) in [6.07, 6.45) is 6.27. The van der Waals surface area contributed by atoms with E-state index in [-0.39, 0.29) is 43.0 Å². The third-order valence-corrected chi connectivity index (χ3v) is 6.34. The minimum absolute atomic E-state index is 0. The van der Waals surface area contributed by atoms with Crippen molar-refractivity contribution in [1.82, 2.24) is 25.8 Å². The van der Waals surface area contributed by atoms with E-state index >= 15 is 0 Å². The van der Waals surface area contributed by atoms with Crippen LogP contribution in [0, 0.1) is 5.41 Å². The van der Waals surface area contributed by atoms with Gasteiger partial charge in [-0.05, 0) is 42.9 Å². The Morgan fingerprint density at radius 1 is 1.13 bits per heavy atom. The number of amides is 3. The molecular formula is C27H36ClN7O4. The van der Waals surface area contributed by atoms with E-state index in [1.54, 1.807) is 24.5 Å². The summed E-state index contributed by atoms with van der Waals surface area (Å²) in [6, 6.07) is 10.6. The number of halogens is 1. The zero-order valence-electron chi connectivity index (χ0n) is 21.7. The minimum Gasteiger partial charge on any atom is -0.370 e. The average Bonchev–Trinajstić information content (AvgIpc) is 3.41. The number of hydrogen-bond donors (Lipinski definition) is 5. The SMILES string of the molecule is Cl.N=C(N)NCCC[C@@H](C=O)NC(=O)[C@@H]1CCCN1C(=O)[C@@H](Cc1ccccc1)NC(=O)Cc1cccnc1. The van der Waals surface area contributed by atoms with Crippen molar-refractivity contribution >= 4 is 42.4 Å². The Labute approximate surface area is 234 Å². The first-order valence-corrected chi connectivity index (χ1v) is 12.7. The second-order valence-electron chi connectivity index (χ2n) is 9.27. The first kappa shape index (κ1) is 31.2. The van der Waals surface area contributed by atoms with Crippen molar-refractivity contribution in [3.05, 3.63) is 66.0 Å². The van der Waals surface area contributed by atoms with Crippen LogP contribution in [0.25, 0.3) is 0 Å². The maximum atomic E-state index is 13.7. The van der Waals surface area contributed by atoms with Crippen LogP contribution in [0.4, 0.5) is 0 Å². The van der Waals surface area contributed by atoms with Gasteiger partial charge in [0.1, 0.15) is 18.4 Å². The largest absolute Gasteiger partial charge is 0.370 e. The molecule has 1 aromatic heterocycles. The number of aromatic nitrogens is 1. The molecule has 1 saturated heterocycles. The molecule has 1 aromatic carbocycles. The molecular weight excluding hydrogens is 522 g/mol. The molecule has 39 heavy (non-hydrogen) atoms. The van der Waals surface area contributed by atoms with Crippen molar-refractivity contribution < 1.29 is 19.2 Å². The van der Waals surface area contributed by atoms with E-state index in [1.807, 2.05) is 30.3 Å². The van der Waals surface area contributed by atoms with E-state index in [1.165, 1.54) is 4.90 Å². The van der Waals surface area contributed by atoms with Crippen LogP contribution >= 0.6 is 12.4 Å². The van der Waals surface area contributed by atoms with E-state index < -0.39 is 24.0 Å². The molecule has 0 spiro atoms.